The fraction of sp³-hybridized carbons (Fsp3) is 0.647. The molecule has 0 amide bonds. The molecule has 0 bridgehead atoms. The van der Waals surface area contributed by atoms with Gasteiger partial charge in [0.15, 0.2) is 0 Å². The number of morpholine rings is 1. The Morgan fingerprint density at radius 2 is 2.10 bits per heavy atom. The predicted molar refractivity (Wildman–Crippen MR) is 85.3 cm³/mol. The molecule has 1 aromatic rings. The summed E-state index contributed by atoms with van der Waals surface area (Å²) in [5.41, 5.74) is 8.71. The summed E-state index contributed by atoms with van der Waals surface area (Å²) in [5, 5.41) is 0. The Morgan fingerprint density at radius 1 is 1.40 bits per heavy atom. The van der Waals surface area contributed by atoms with Crippen LogP contribution in [0.1, 0.15) is 39.7 Å². The van der Waals surface area contributed by atoms with Crippen molar-refractivity contribution in [3.05, 3.63) is 29.8 Å². The molecule has 1 saturated heterocycles. The average molecular weight is 276 g/mol. The first-order valence-electron chi connectivity index (χ1n) is 7.67. The van der Waals surface area contributed by atoms with Crippen LogP contribution in [0.2, 0.25) is 0 Å². The number of rotatable bonds is 4. The van der Waals surface area contributed by atoms with Gasteiger partial charge in [-0.3, -0.25) is 0 Å². The second kappa shape index (κ2) is 6.15. The van der Waals surface area contributed by atoms with E-state index in [9.17, 15) is 0 Å². The van der Waals surface area contributed by atoms with Gasteiger partial charge in [0.05, 0.1) is 11.7 Å². The molecule has 2 atom stereocenters. The van der Waals surface area contributed by atoms with E-state index in [4.69, 9.17) is 10.5 Å². The number of nitrogens with zero attached hydrogens (tertiary/aromatic N) is 1. The van der Waals surface area contributed by atoms with Crippen LogP contribution in [-0.2, 0) is 11.2 Å². The summed E-state index contributed by atoms with van der Waals surface area (Å²) in [6, 6.07) is 8.88. The number of hydrogen-bond acceptors (Lipinski definition) is 3. The van der Waals surface area contributed by atoms with Gasteiger partial charge < -0.3 is 15.4 Å². The smallest absolute Gasteiger partial charge is 0.0805 e. The van der Waals surface area contributed by atoms with E-state index < -0.39 is 0 Å². The molecule has 1 fully saturated rings. The van der Waals surface area contributed by atoms with Gasteiger partial charge >= 0.3 is 0 Å². The molecule has 0 aliphatic carbocycles. The standard InChI is InChI=1S/C17H28N2O/c1-5-15(18)10-14-8-6-7-9-16(14)19-11-13(2)20-17(3,4)12-19/h6-9,13,15H,5,10-12,18H2,1-4H3. The van der Waals surface area contributed by atoms with Gasteiger partial charge in [-0.05, 0) is 45.2 Å². The van der Waals surface area contributed by atoms with Crippen molar-refractivity contribution in [3.63, 3.8) is 0 Å². The van der Waals surface area contributed by atoms with Crippen molar-refractivity contribution < 1.29 is 4.74 Å². The van der Waals surface area contributed by atoms with Crippen molar-refractivity contribution in [1.82, 2.24) is 0 Å². The molecule has 1 aromatic carbocycles. The van der Waals surface area contributed by atoms with Crippen LogP contribution in [0.3, 0.4) is 0 Å². The van der Waals surface area contributed by atoms with E-state index in [-0.39, 0.29) is 17.7 Å². The third-order valence-corrected chi connectivity index (χ3v) is 3.91. The third kappa shape index (κ3) is 3.74. The maximum Gasteiger partial charge on any atom is 0.0805 e. The molecular formula is C17H28N2O. The lowest BCUT2D eigenvalue weighted by atomic mass is 9.99. The van der Waals surface area contributed by atoms with Crippen molar-refractivity contribution >= 4 is 5.69 Å². The van der Waals surface area contributed by atoms with E-state index in [1.165, 1.54) is 11.3 Å². The van der Waals surface area contributed by atoms with Crippen LogP contribution in [0.15, 0.2) is 24.3 Å². The summed E-state index contributed by atoms with van der Waals surface area (Å²) in [6.45, 7) is 10.5. The van der Waals surface area contributed by atoms with Crippen molar-refractivity contribution in [2.45, 2.75) is 58.3 Å². The normalized spacial score (nSPS) is 23.6. The Morgan fingerprint density at radius 3 is 2.75 bits per heavy atom. The second-order valence-electron chi connectivity index (χ2n) is 6.57. The van der Waals surface area contributed by atoms with E-state index in [0.717, 1.165) is 25.9 Å². The number of hydrogen-bond donors (Lipinski definition) is 1. The van der Waals surface area contributed by atoms with E-state index in [2.05, 4.69) is 56.9 Å². The van der Waals surface area contributed by atoms with E-state index >= 15 is 0 Å². The topological polar surface area (TPSA) is 38.5 Å². The maximum atomic E-state index is 6.14. The van der Waals surface area contributed by atoms with Gasteiger partial charge in [-0.2, -0.15) is 0 Å². The lowest BCUT2D eigenvalue weighted by Gasteiger charge is -2.43. The van der Waals surface area contributed by atoms with Gasteiger partial charge in [0.2, 0.25) is 0 Å². The lowest BCUT2D eigenvalue weighted by molar-refractivity contribution is -0.0750. The first-order chi connectivity index (χ1) is 9.41. The minimum absolute atomic E-state index is 0.0996. The number of nitrogens with two attached hydrogens (primary N) is 1. The summed E-state index contributed by atoms with van der Waals surface area (Å²) in [4.78, 5) is 2.45. The van der Waals surface area contributed by atoms with Crippen LogP contribution in [0, 0.1) is 0 Å². The molecule has 0 spiro atoms. The highest BCUT2D eigenvalue weighted by molar-refractivity contribution is 5.54. The molecule has 2 rings (SSSR count). The Bertz CT molecular complexity index is 444. The highest BCUT2D eigenvalue weighted by Gasteiger charge is 2.32. The van der Waals surface area contributed by atoms with Crippen LogP contribution in [0.25, 0.3) is 0 Å². The summed E-state index contributed by atoms with van der Waals surface area (Å²) < 4.78 is 6.00. The minimum atomic E-state index is -0.0996. The predicted octanol–water partition coefficient (Wildman–Crippen LogP) is 2.97. The summed E-state index contributed by atoms with van der Waals surface area (Å²) in [5.74, 6) is 0. The lowest BCUT2D eigenvalue weighted by Crippen LogP contribution is -2.52. The molecule has 3 nitrogen and oxygen atoms in total. The van der Waals surface area contributed by atoms with Gasteiger partial charge in [-0.15, -0.1) is 0 Å². The fourth-order valence-electron chi connectivity index (χ4n) is 3.06. The first-order valence-corrected chi connectivity index (χ1v) is 7.67. The number of ether oxygens (including phenoxy) is 1. The molecule has 0 aromatic heterocycles. The Balaban J connectivity index is 2.23. The van der Waals surface area contributed by atoms with Crippen molar-refractivity contribution in [2.24, 2.45) is 5.73 Å². The average Bonchev–Trinajstić information content (AvgIpc) is 2.36. The quantitative estimate of drug-likeness (QED) is 0.919. The van der Waals surface area contributed by atoms with Gasteiger partial charge in [-0.25, -0.2) is 0 Å². The molecule has 0 radical (unpaired) electrons. The monoisotopic (exact) mass is 276 g/mol. The van der Waals surface area contributed by atoms with Gasteiger partial charge in [0, 0.05) is 24.8 Å². The first kappa shape index (κ1) is 15.3. The molecule has 1 aliphatic rings. The number of benzene rings is 1. The van der Waals surface area contributed by atoms with Crippen LogP contribution in [0.4, 0.5) is 5.69 Å². The molecule has 20 heavy (non-hydrogen) atoms. The zero-order chi connectivity index (χ0) is 14.8. The minimum Gasteiger partial charge on any atom is -0.369 e. The number of anilines is 1. The molecule has 1 aliphatic heterocycles. The second-order valence-corrected chi connectivity index (χ2v) is 6.57. The Labute approximate surface area is 123 Å². The van der Waals surface area contributed by atoms with Crippen LogP contribution in [0.5, 0.6) is 0 Å². The number of para-hydroxylation sites is 1. The van der Waals surface area contributed by atoms with Crippen LogP contribution >= 0.6 is 0 Å². The molecule has 1 heterocycles. The van der Waals surface area contributed by atoms with Crippen molar-refractivity contribution in [3.8, 4) is 0 Å². The maximum absolute atomic E-state index is 6.14. The molecular weight excluding hydrogens is 248 g/mol. The highest BCUT2D eigenvalue weighted by atomic mass is 16.5. The van der Waals surface area contributed by atoms with Gasteiger partial charge in [0.1, 0.15) is 0 Å². The summed E-state index contributed by atoms with van der Waals surface area (Å²) >= 11 is 0. The van der Waals surface area contributed by atoms with Crippen molar-refractivity contribution in [2.75, 3.05) is 18.0 Å². The largest absolute Gasteiger partial charge is 0.369 e. The van der Waals surface area contributed by atoms with E-state index in [1.54, 1.807) is 0 Å². The molecule has 0 saturated carbocycles. The molecule has 2 N–H and O–H groups in total. The van der Waals surface area contributed by atoms with Crippen LogP contribution < -0.4 is 10.6 Å². The van der Waals surface area contributed by atoms with E-state index in [1.807, 2.05) is 0 Å². The van der Waals surface area contributed by atoms with E-state index in [0.29, 0.717) is 0 Å². The van der Waals surface area contributed by atoms with Crippen molar-refractivity contribution in [1.29, 1.82) is 0 Å². The zero-order valence-corrected chi connectivity index (χ0v) is 13.2. The Hall–Kier alpha value is -1.06. The van der Waals surface area contributed by atoms with Gasteiger partial charge in [-0.1, -0.05) is 25.1 Å². The third-order valence-electron chi connectivity index (χ3n) is 3.91. The SMILES string of the molecule is CCC(N)Cc1ccccc1N1CC(C)OC(C)(C)C1. The van der Waals surface area contributed by atoms with Crippen LogP contribution in [-0.4, -0.2) is 30.8 Å². The molecule has 3 heteroatoms. The van der Waals surface area contributed by atoms with Gasteiger partial charge in [0.25, 0.3) is 0 Å². The summed E-state index contributed by atoms with van der Waals surface area (Å²) in [6.07, 6.45) is 2.21. The molecule has 112 valence electrons. The zero-order valence-electron chi connectivity index (χ0n) is 13.2. The fourth-order valence-corrected chi connectivity index (χ4v) is 3.06. The summed E-state index contributed by atoms with van der Waals surface area (Å²) in [7, 11) is 0. The molecule has 2 unspecified atom stereocenters. The Kier molecular flexibility index (Phi) is 4.71. The highest BCUT2D eigenvalue weighted by Crippen LogP contribution is 2.29.